The molecule has 0 radical (unpaired) electrons. The first kappa shape index (κ1) is 17.3. The van der Waals surface area contributed by atoms with Crippen LogP contribution in [0.1, 0.15) is 20.8 Å². The highest BCUT2D eigenvalue weighted by atomic mass is 16.7. The number of carbonyl (C=O) groups excluding carboxylic acids is 3. The van der Waals surface area contributed by atoms with Gasteiger partial charge in [-0.15, -0.1) is 0 Å². The zero-order valence-corrected chi connectivity index (χ0v) is 11.8. The zero-order chi connectivity index (χ0) is 16.2. The molecule has 1 aliphatic heterocycles. The van der Waals surface area contributed by atoms with Crippen molar-refractivity contribution in [1.82, 2.24) is 0 Å². The van der Waals surface area contributed by atoms with Crippen LogP contribution in [0.25, 0.3) is 0 Å². The highest BCUT2D eigenvalue weighted by molar-refractivity contribution is 5.67. The Labute approximate surface area is 120 Å². The molecule has 5 atom stereocenters. The Morgan fingerprint density at radius 2 is 1.48 bits per heavy atom. The van der Waals surface area contributed by atoms with Crippen LogP contribution >= 0.6 is 0 Å². The standard InChI is InChI=1S/C12H18O9/c1-5(13)18-4-8-10(19-6(2)14)9(16)11(12(17)21-8)20-7(3)15/h8-12,16-17H,4H2,1-3H3/t8-,9+,10+,11-,12-/m1/s1. The van der Waals surface area contributed by atoms with Gasteiger partial charge in [0.1, 0.15) is 18.8 Å². The average molecular weight is 306 g/mol. The Balaban J connectivity index is 2.86. The predicted molar refractivity (Wildman–Crippen MR) is 64.6 cm³/mol. The first-order valence-electron chi connectivity index (χ1n) is 6.21. The normalized spacial score (nSPS) is 32.1. The van der Waals surface area contributed by atoms with Gasteiger partial charge in [0, 0.05) is 20.8 Å². The van der Waals surface area contributed by atoms with Crippen LogP contribution in [0.4, 0.5) is 0 Å². The van der Waals surface area contributed by atoms with Crippen LogP contribution in [0.5, 0.6) is 0 Å². The molecule has 0 aliphatic carbocycles. The van der Waals surface area contributed by atoms with Gasteiger partial charge in [-0.1, -0.05) is 0 Å². The van der Waals surface area contributed by atoms with Crippen LogP contribution in [-0.2, 0) is 33.3 Å². The fourth-order valence-electron chi connectivity index (χ4n) is 1.90. The Morgan fingerprint density at radius 1 is 0.952 bits per heavy atom. The number of hydrogen-bond acceptors (Lipinski definition) is 9. The molecule has 0 saturated carbocycles. The highest BCUT2D eigenvalue weighted by Crippen LogP contribution is 2.25. The summed E-state index contributed by atoms with van der Waals surface area (Å²) in [5.41, 5.74) is 0. The second kappa shape index (κ2) is 7.34. The summed E-state index contributed by atoms with van der Waals surface area (Å²) in [4.78, 5) is 32.8. The Morgan fingerprint density at radius 3 is 1.95 bits per heavy atom. The van der Waals surface area contributed by atoms with E-state index in [4.69, 9.17) is 18.9 Å². The molecule has 1 fully saturated rings. The van der Waals surface area contributed by atoms with E-state index in [1.54, 1.807) is 0 Å². The molecule has 1 rings (SSSR count). The summed E-state index contributed by atoms with van der Waals surface area (Å²) >= 11 is 0. The van der Waals surface area contributed by atoms with Crippen molar-refractivity contribution < 1.29 is 43.5 Å². The number of rotatable bonds is 4. The van der Waals surface area contributed by atoms with E-state index in [0.717, 1.165) is 20.8 Å². The molecule has 1 aliphatic rings. The lowest BCUT2D eigenvalue weighted by Crippen LogP contribution is -2.61. The van der Waals surface area contributed by atoms with Crippen molar-refractivity contribution in [1.29, 1.82) is 0 Å². The number of aliphatic hydroxyl groups excluding tert-OH is 2. The van der Waals surface area contributed by atoms with Crippen molar-refractivity contribution in [2.24, 2.45) is 0 Å². The van der Waals surface area contributed by atoms with Crippen molar-refractivity contribution in [3.63, 3.8) is 0 Å². The second-order valence-electron chi connectivity index (χ2n) is 4.51. The van der Waals surface area contributed by atoms with E-state index in [0.29, 0.717) is 0 Å². The van der Waals surface area contributed by atoms with E-state index in [-0.39, 0.29) is 6.61 Å². The average Bonchev–Trinajstić information content (AvgIpc) is 2.35. The summed E-state index contributed by atoms with van der Waals surface area (Å²) in [5.74, 6) is -2.07. The second-order valence-corrected chi connectivity index (χ2v) is 4.51. The molecular weight excluding hydrogens is 288 g/mol. The summed E-state index contributed by atoms with van der Waals surface area (Å²) in [6.07, 6.45) is -6.93. The minimum Gasteiger partial charge on any atom is -0.463 e. The molecule has 1 saturated heterocycles. The van der Waals surface area contributed by atoms with Gasteiger partial charge in [0.25, 0.3) is 0 Å². The third-order valence-electron chi connectivity index (χ3n) is 2.69. The van der Waals surface area contributed by atoms with Gasteiger partial charge < -0.3 is 29.2 Å². The van der Waals surface area contributed by atoms with Crippen molar-refractivity contribution in [3.05, 3.63) is 0 Å². The lowest BCUT2D eigenvalue weighted by Gasteiger charge is -2.41. The van der Waals surface area contributed by atoms with E-state index in [2.05, 4.69) is 0 Å². The Kier molecular flexibility index (Phi) is 6.06. The van der Waals surface area contributed by atoms with Crippen molar-refractivity contribution in [3.8, 4) is 0 Å². The summed E-state index contributed by atoms with van der Waals surface area (Å²) in [6.45, 7) is 3.03. The van der Waals surface area contributed by atoms with E-state index >= 15 is 0 Å². The highest BCUT2D eigenvalue weighted by Gasteiger charge is 2.48. The molecule has 0 unspecified atom stereocenters. The number of esters is 3. The fraction of sp³-hybridized carbons (Fsp3) is 0.750. The Bertz CT molecular complexity index is 406. The van der Waals surface area contributed by atoms with Crippen LogP contribution < -0.4 is 0 Å². The quantitative estimate of drug-likeness (QED) is 0.470. The summed E-state index contributed by atoms with van der Waals surface area (Å²) in [5, 5.41) is 19.8. The third kappa shape index (κ3) is 4.96. The van der Waals surface area contributed by atoms with Crippen LogP contribution in [0.2, 0.25) is 0 Å². The van der Waals surface area contributed by atoms with Crippen molar-refractivity contribution in [2.75, 3.05) is 6.61 Å². The van der Waals surface area contributed by atoms with Crippen LogP contribution in [0.3, 0.4) is 0 Å². The molecule has 0 bridgehead atoms. The van der Waals surface area contributed by atoms with Gasteiger partial charge in [-0.25, -0.2) is 0 Å². The number of aliphatic hydroxyl groups is 2. The molecule has 9 nitrogen and oxygen atoms in total. The first-order valence-corrected chi connectivity index (χ1v) is 6.21. The van der Waals surface area contributed by atoms with Crippen molar-refractivity contribution >= 4 is 17.9 Å². The number of ether oxygens (including phenoxy) is 4. The van der Waals surface area contributed by atoms with Gasteiger partial charge in [0.15, 0.2) is 18.5 Å². The maximum absolute atomic E-state index is 11.1. The lowest BCUT2D eigenvalue weighted by molar-refractivity contribution is -0.293. The minimum atomic E-state index is -1.64. The largest absolute Gasteiger partial charge is 0.463 e. The molecular formula is C12H18O9. The van der Waals surface area contributed by atoms with Gasteiger partial charge in [-0.05, 0) is 0 Å². The maximum atomic E-state index is 11.1. The van der Waals surface area contributed by atoms with Crippen LogP contribution in [-0.4, -0.2) is 65.4 Å². The summed E-state index contributed by atoms with van der Waals surface area (Å²) < 4.78 is 19.5. The van der Waals surface area contributed by atoms with Crippen molar-refractivity contribution in [2.45, 2.75) is 51.5 Å². The summed E-state index contributed by atoms with van der Waals surface area (Å²) in [7, 11) is 0. The molecule has 0 aromatic rings. The Hall–Kier alpha value is -1.71. The summed E-state index contributed by atoms with van der Waals surface area (Å²) in [6, 6.07) is 0. The number of hydrogen-bond donors (Lipinski definition) is 2. The molecule has 9 heteroatoms. The van der Waals surface area contributed by atoms with Gasteiger partial charge in [0.05, 0.1) is 0 Å². The predicted octanol–water partition coefficient (Wildman–Crippen LogP) is -1.51. The molecule has 0 aromatic carbocycles. The molecule has 120 valence electrons. The minimum absolute atomic E-state index is 0.339. The molecule has 0 spiro atoms. The van der Waals surface area contributed by atoms with E-state index < -0.39 is 48.6 Å². The van der Waals surface area contributed by atoms with Gasteiger partial charge in [-0.3, -0.25) is 14.4 Å². The monoisotopic (exact) mass is 306 g/mol. The van der Waals surface area contributed by atoms with Gasteiger partial charge in [-0.2, -0.15) is 0 Å². The molecule has 0 amide bonds. The van der Waals surface area contributed by atoms with E-state index in [9.17, 15) is 24.6 Å². The van der Waals surface area contributed by atoms with E-state index in [1.807, 2.05) is 0 Å². The van der Waals surface area contributed by atoms with Crippen LogP contribution in [0, 0.1) is 0 Å². The first-order chi connectivity index (χ1) is 9.72. The fourth-order valence-corrected chi connectivity index (χ4v) is 1.90. The van der Waals surface area contributed by atoms with Crippen LogP contribution in [0.15, 0.2) is 0 Å². The van der Waals surface area contributed by atoms with E-state index in [1.165, 1.54) is 0 Å². The third-order valence-corrected chi connectivity index (χ3v) is 2.69. The molecule has 1 heterocycles. The molecule has 21 heavy (non-hydrogen) atoms. The smallest absolute Gasteiger partial charge is 0.303 e. The number of carbonyl (C=O) groups is 3. The molecule has 0 aromatic heterocycles. The zero-order valence-electron chi connectivity index (χ0n) is 11.8. The topological polar surface area (TPSA) is 129 Å². The van der Waals surface area contributed by atoms with Gasteiger partial charge in [0.2, 0.25) is 0 Å². The molecule has 2 N–H and O–H groups in total. The maximum Gasteiger partial charge on any atom is 0.303 e. The van der Waals surface area contributed by atoms with Gasteiger partial charge >= 0.3 is 17.9 Å². The SMILES string of the molecule is CC(=O)OC[C@H]1O[C@@H](O)[C@H](OC(C)=O)[C@@H](O)[C@H]1OC(C)=O. The lowest BCUT2D eigenvalue weighted by atomic mass is 9.99.